The van der Waals surface area contributed by atoms with Crippen molar-refractivity contribution in [2.45, 2.75) is 25.3 Å². The van der Waals surface area contributed by atoms with Crippen LogP contribution in [0.5, 0.6) is 5.75 Å². The van der Waals surface area contributed by atoms with Gasteiger partial charge in [-0.1, -0.05) is 24.3 Å². The van der Waals surface area contributed by atoms with Gasteiger partial charge in [0, 0.05) is 12.5 Å². The van der Waals surface area contributed by atoms with Gasteiger partial charge in [0.05, 0.1) is 7.11 Å². The minimum Gasteiger partial charge on any atom is -0.497 e. The zero-order valence-corrected chi connectivity index (χ0v) is 12.1. The van der Waals surface area contributed by atoms with Crippen LogP contribution in [0.25, 0.3) is 10.8 Å². The summed E-state index contributed by atoms with van der Waals surface area (Å²) in [7, 11) is 3.69. The van der Waals surface area contributed by atoms with Crippen molar-refractivity contribution in [3.05, 3.63) is 42.0 Å². The van der Waals surface area contributed by atoms with Gasteiger partial charge in [-0.2, -0.15) is 0 Å². The van der Waals surface area contributed by atoms with Crippen molar-refractivity contribution in [3.8, 4) is 18.1 Å². The van der Waals surface area contributed by atoms with Crippen LogP contribution in [0, 0.1) is 12.3 Å². The molecule has 1 N–H and O–H groups in total. The monoisotopic (exact) mass is 267 g/mol. The maximum absolute atomic E-state index is 5.36. The van der Waals surface area contributed by atoms with Crippen molar-refractivity contribution >= 4 is 10.8 Å². The Bertz CT molecular complexity index is 612. The first kappa shape index (κ1) is 14.4. The van der Waals surface area contributed by atoms with Crippen LogP contribution in [0.2, 0.25) is 0 Å². The SMILES string of the molecule is C#CCCC(Cc1cccc2ccc(OC)cc12)NC. The van der Waals surface area contributed by atoms with Crippen LogP contribution in [0.1, 0.15) is 18.4 Å². The van der Waals surface area contributed by atoms with Gasteiger partial charge in [-0.25, -0.2) is 0 Å². The van der Waals surface area contributed by atoms with E-state index in [2.05, 4.69) is 41.6 Å². The quantitative estimate of drug-likeness (QED) is 0.810. The molecule has 0 amide bonds. The highest BCUT2D eigenvalue weighted by Gasteiger charge is 2.09. The highest BCUT2D eigenvalue weighted by atomic mass is 16.5. The first-order valence-electron chi connectivity index (χ1n) is 6.95. The van der Waals surface area contributed by atoms with E-state index in [1.807, 2.05) is 13.1 Å². The van der Waals surface area contributed by atoms with Crippen molar-refractivity contribution in [3.63, 3.8) is 0 Å². The lowest BCUT2D eigenvalue weighted by Crippen LogP contribution is -2.27. The van der Waals surface area contributed by atoms with E-state index in [9.17, 15) is 0 Å². The fraction of sp³-hybridized carbons (Fsp3) is 0.333. The summed E-state index contributed by atoms with van der Waals surface area (Å²) in [6, 6.07) is 13.0. The molecule has 0 bridgehead atoms. The molecule has 0 spiro atoms. The number of fused-ring (bicyclic) bond motifs is 1. The summed E-state index contributed by atoms with van der Waals surface area (Å²) < 4.78 is 5.33. The molecule has 0 radical (unpaired) electrons. The van der Waals surface area contributed by atoms with E-state index in [-0.39, 0.29) is 0 Å². The van der Waals surface area contributed by atoms with Gasteiger partial charge in [0.2, 0.25) is 0 Å². The summed E-state index contributed by atoms with van der Waals surface area (Å²) in [5.74, 6) is 3.61. The molecule has 20 heavy (non-hydrogen) atoms. The van der Waals surface area contributed by atoms with Gasteiger partial charge in [0.1, 0.15) is 5.75 Å². The zero-order chi connectivity index (χ0) is 14.4. The number of hydrogen-bond acceptors (Lipinski definition) is 2. The van der Waals surface area contributed by atoms with E-state index < -0.39 is 0 Å². The van der Waals surface area contributed by atoms with Crippen LogP contribution < -0.4 is 10.1 Å². The van der Waals surface area contributed by atoms with E-state index >= 15 is 0 Å². The van der Waals surface area contributed by atoms with Crippen molar-refractivity contribution in [2.75, 3.05) is 14.2 Å². The molecule has 1 atom stereocenters. The topological polar surface area (TPSA) is 21.3 Å². The lowest BCUT2D eigenvalue weighted by atomic mass is 9.96. The molecule has 0 aliphatic rings. The van der Waals surface area contributed by atoms with Crippen molar-refractivity contribution < 1.29 is 4.74 Å². The molecule has 2 aromatic rings. The van der Waals surface area contributed by atoms with Gasteiger partial charge in [-0.3, -0.25) is 0 Å². The van der Waals surface area contributed by atoms with Crippen LogP contribution in [0.15, 0.2) is 36.4 Å². The lowest BCUT2D eigenvalue weighted by Gasteiger charge is -2.16. The predicted octanol–water partition coefficient (Wildman–Crippen LogP) is 3.39. The normalized spacial score (nSPS) is 12.1. The largest absolute Gasteiger partial charge is 0.497 e. The van der Waals surface area contributed by atoms with Gasteiger partial charge in [0.25, 0.3) is 0 Å². The zero-order valence-electron chi connectivity index (χ0n) is 12.1. The van der Waals surface area contributed by atoms with E-state index in [4.69, 9.17) is 11.2 Å². The van der Waals surface area contributed by atoms with Crippen molar-refractivity contribution in [2.24, 2.45) is 0 Å². The molecule has 0 aliphatic heterocycles. The maximum Gasteiger partial charge on any atom is 0.119 e. The van der Waals surface area contributed by atoms with Crippen LogP contribution in [-0.2, 0) is 6.42 Å². The number of rotatable bonds is 6. The van der Waals surface area contributed by atoms with Gasteiger partial charge < -0.3 is 10.1 Å². The lowest BCUT2D eigenvalue weighted by molar-refractivity contribution is 0.415. The van der Waals surface area contributed by atoms with Crippen LogP contribution >= 0.6 is 0 Å². The molecular weight excluding hydrogens is 246 g/mol. The Labute approximate surface area is 121 Å². The molecule has 2 rings (SSSR count). The minimum absolute atomic E-state index is 0.405. The highest BCUT2D eigenvalue weighted by Crippen LogP contribution is 2.25. The summed E-state index contributed by atoms with van der Waals surface area (Å²) in [6.07, 6.45) is 8.13. The van der Waals surface area contributed by atoms with Crippen molar-refractivity contribution in [1.29, 1.82) is 0 Å². The van der Waals surface area contributed by atoms with Crippen LogP contribution in [-0.4, -0.2) is 20.2 Å². The third-order valence-corrected chi connectivity index (χ3v) is 3.69. The molecule has 104 valence electrons. The number of ether oxygens (including phenoxy) is 1. The molecule has 2 heteroatoms. The predicted molar refractivity (Wildman–Crippen MR) is 85.1 cm³/mol. The molecule has 0 aliphatic carbocycles. The Morgan fingerprint density at radius 1 is 1.30 bits per heavy atom. The molecule has 0 fully saturated rings. The smallest absolute Gasteiger partial charge is 0.119 e. The summed E-state index contributed by atoms with van der Waals surface area (Å²) in [6.45, 7) is 0. The summed E-state index contributed by atoms with van der Waals surface area (Å²) in [5.41, 5.74) is 1.33. The number of nitrogens with one attached hydrogen (secondary N) is 1. The number of hydrogen-bond donors (Lipinski definition) is 1. The molecule has 0 saturated heterocycles. The number of benzene rings is 2. The maximum atomic E-state index is 5.36. The Morgan fingerprint density at radius 2 is 2.15 bits per heavy atom. The number of likely N-dealkylation sites (N-methyl/N-ethyl adjacent to an activating group) is 1. The Morgan fingerprint density at radius 3 is 2.85 bits per heavy atom. The minimum atomic E-state index is 0.405. The van der Waals surface area contributed by atoms with Gasteiger partial charge in [0.15, 0.2) is 0 Å². The van der Waals surface area contributed by atoms with E-state index in [1.165, 1.54) is 16.3 Å². The first-order chi connectivity index (χ1) is 9.78. The average molecular weight is 267 g/mol. The average Bonchev–Trinajstić information content (AvgIpc) is 2.51. The number of terminal acetylenes is 1. The van der Waals surface area contributed by atoms with Gasteiger partial charge >= 0.3 is 0 Å². The van der Waals surface area contributed by atoms with Gasteiger partial charge in [-0.15, -0.1) is 12.3 Å². The molecule has 0 saturated carbocycles. The second kappa shape index (κ2) is 6.98. The number of methoxy groups -OCH3 is 1. The molecule has 2 nitrogen and oxygen atoms in total. The fourth-order valence-corrected chi connectivity index (χ4v) is 2.49. The molecule has 0 aromatic heterocycles. The van der Waals surface area contributed by atoms with E-state index in [0.717, 1.165) is 25.0 Å². The Hall–Kier alpha value is -1.98. The standard InChI is InChI=1S/C18H21NO/c1-4-5-9-16(19-2)12-15-8-6-7-14-10-11-17(20-3)13-18(14)15/h1,6-8,10-11,13,16,19H,5,9,12H2,2-3H3. The third-order valence-electron chi connectivity index (χ3n) is 3.69. The molecule has 0 heterocycles. The second-order valence-corrected chi connectivity index (χ2v) is 4.94. The highest BCUT2D eigenvalue weighted by molar-refractivity contribution is 5.87. The first-order valence-corrected chi connectivity index (χ1v) is 6.95. The van der Waals surface area contributed by atoms with Crippen LogP contribution in [0.3, 0.4) is 0 Å². The molecular formula is C18H21NO. The molecule has 2 aromatic carbocycles. The van der Waals surface area contributed by atoms with E-state index in [0.29, 0.717) is 6.04 Å². The Balaban J connectivity index is 2.30. The van der Waals surface area contributed by atoms with Crippen molar-refractivity contribution in [1.82, 2.24) is 5.32 Å². The van der Waals surface area contributed by atoms with Gasteiger partial charge in [-0.05, 0) is 48.4 Å². The summed E-state index contributed by atoms with van der Waals surface area (Å²) in [5, 5.41) is 5.85. The summed E-state index contributed by atoms with van der Waals surface area (Å²) >= 11 is 0. The van der Waals surface area contributed by atoms with Crippen LogP contribution in [0.4, 0.5) is 0 Å². The second-order valence-electron chi connectivity index (χ2n) is 4.94. The Kier molecular flexibility index (Phi) is 5.03. The molecule has 1 unspecified atom stereocenters. The summed E-state index contributed by atoms with van der Waals surface area (Å²) in [4.78, 5) is 0. The van der Waals surface area contributed by atoms with E-state index in [1.54, 1.807) is 7.11 Å². The third kappa shape index (κ3) is 3.31. The fourth-order valence-electron chi connectivity index (χ4n) is 2.49.